The van der Waals surface area contributed by atoms with E-state index >= 15 is 0 Å². The molecule has 0 saturated heterocycles. The van der Waals surface area contributed by atoms with E-state index in [1.54, 1.807) is 31.4 Å². The quantitative estimate of drug-likeness (QED) is 0.769. The van der Waals surface area contributed by atoms with Gasteiger partial charge in [-0.25, -0.2) is 0 Å². The summed E-state index contributed by atoms with van der Waals surface area (Å²) in [6.45, 7) is 4.16. The number of rotatable bonds is 4. The number of fused-ring (bicyclic) bond motifs is 1. The van der Waals surface area contributed by atoms with Gasteiger partial charge in [-0.2, -0.15) is 0 Å². The highest BCUT2D eigenvalue weighted by Gasteiger charge is 2.09. The number of carbonyl (C=O) groups is 1. The van der Waals surface area contributed by atoms with Crippen molar-refractivity contribution in [3.8, 4) is 5.75 Å². The van der Waals surface area contributed by atoms with Crippen LogP contribution in [0.3, 0.4) is 0 Å². The van der Waals surface area contributed by atoms with E-state index in [1.807, 2.05) is 32.0 Å². The molecule has 0 saturated carbocycles. The Morgan fingerprint density at radius 3 is 2.52 bits per heavy atom. The number of aromatic amines is 1. The zero-order valence-corrected chi connectivity index (χ0v) is 14.5. The molecule has 3 aromatic rings. The second-order valence-corrected chi connectivity index (χ2v) is 6.01. The Labute approximate surface area is 145 Å². The van der Waals surface area contributed by atoms with E-state index in [0.29, 0.717) is 16.9 Å². The van der Waals surface area contributed by atoms with Crippen molar-refractivity contribution in [2.75, 3.05) is 7.11 Å². The molecule has 0 bridgehead atoms. The maximum atomic E-state index is 12.3. The van der Waals surface area contributed by atoms with Crippen LogP contribution in [0.4, 0.5) is 0 Å². The van der Waals surface area contributed by atoms with Crippen molar-refractivity contribution in [3.05, 3.63) is 75.1 Å². The van der Waals surface area contributed by atoms with E-state index in [-0.39, 0.29) is 18.0 Å². The third-order valence-corrected chi connectivity index (χ3v) is 4.42. The first-order chi connectivity index (χ1) is 12.0. The summed E-state index contributed by atoms with van der Waals surface area (Å²) >= 11 is 0. The summed E-state index contributed by atoms with van der Waals surface area (Å²) in [5.41, 5.74) is 3.89. The van der Waals surface area contributed by atoms with Crippen LogP contribution in [-0.4, -0.2) is 18.0 Å². The van der Waals surface area contributed by atoms with Crippen molar-refractivity contribution in [3.63, 3.8) is 0 Å². The molecule has 5 heteroatoms. The van der Waals surface area contributed by atoms with Gasteiger partial charge in [0.25, 0.3) is 11.5 Å². The Morgan fingerprint density at radius 2 is 1.84 bits per heavy atom. The molecule has 128 valence electrons. The molecule has 1 amide bonds. The molecule has 2 aromatic carbocycles. The van der Waals surface area contributed by atoms with Gasteiger partial charge in [-0.05, 0) is 60.7 Å². The number of pyridine rings is 1. The van der Waals surface area contributed by atoms with Crippen molar-refractivity contribution in [1.82, 2.24) is 10.3 Å². The highest BCUT2D eigenvalue weighted by molar-refractivity contribution is 5.94. The molecule has 0 spiro atoms. The van der Waals surface area contributed by atoms with Crippen molar-refractivity contribution in [2.24, 2.45) is 0 Å². The van der Waals surface area contributed by atoms with Crippen molar-refractivity contribution >= 4 is 16.8 Å². The van der Waals surface area contributed by atoms with Gasteiger partial charge in [0, 0.05) is 17.7 Å². The fourth-order valence-electron chi connectivity index (χ4n) is 2.72. The second kappa shape index (κ2) is 6.81. The van der Waals surface area contributed by atoms with Gasteiger partial charge in [0.05, 0.1) is 12.6 Å². The largest absolute Gasteiger partial charge is 0.497 e. The van der Waals surface area contributed by atoms with Crippen LogP contribution in [0.1, 0.15) is 27.0 Å². The molecular formula is C20H20N2O3. The van der Waals surface area contributed by atoms with Crippen LogP contribution >= 0.6 is 0 Å². The van der Waals surface area contributed by atoms with Crippen LogP contribution in [0.2, 0.25) is 0 Å². The first-order valence-electron chi connectivity index (χ1n) is 8.04. The number of hydrogen-bond donors (Lipinski definition) is 2. The van der Waals surface area contributed by atoms with E-state index in [4.69, 9.17) is 4.74 Å². The van der Waals surface area contributed by atoms with E-state index in [2.05, 4.69) is 10.3 Å². The van der Waals surface area contributed by atoms with Crippen LogP contribution in [0, 0.1) is 13.8 Å². The fraction of sp³-hybridized carbons (Fsp3) is 0.200. The van der Waals surface area contributed by atoms with E-state index < -0.39 is 0 Å². The summed E-state index contributed by atoms with van der Waals surface area (Å²) in [5.74, 6) is 0.454. The number of ether oxygens (including phenoxy) is 1. The lowest BCUT2D eigenvalue weighted by Crippen LogP contribution is -2.26. The fourth-order valence-corrected chi connectivity index (χ4v) is 2.72. The lowest BCUT2D eigenvalue weighted by atomic mass is 10.0. The summed E-state index contributed by atoms with van der Waals surface area (Å²) in [7, 11) is 1.57. The number of benzene rings is 2. The molecule has 0 aliphatic heterocycles. The molecule has 0 radical (unpaired) electrons. The van der Waals surface area contributed by atoms with Gasteiger partial charge in [0.1, 0.15) is 5.75 Å². The Balaban J connectivity index is 1.80. The summed E-state index contributed by atoms with van der Waals surface area (Å²) in [6.07, 6.45) is 0. The van der Waals surface area contributed by atoms with Crippen LogP contribution in [0.25, 0.3) is 10.9 Å². The van der Waals surface area contributed by atoms with Gasteiger partial charge < -0.3 is 15.0 Å². The molecule has 1 aromatic heterocycles. The van der Waals surface area contributed by atoms with Crippen molar-refractivity contribution in [1.29, 1.82) is 0 Å². The van der Waals surface area contributed by atoms with Gasteiger partial charge in [-0.3, -0.25) is 9.59 Å². The zero-order chi connectivity index (χ0) is 18.0. The number of aromatic nitrogens is 1. The molecule has 5 nitrogen and oxygen atoms in total. The van der Waals surface area contributed by atoms with Crippen molar-refractivity contribution in [2.45, 2.75) is 20.4 Å². The normalized spacial score (nSPS) is 10.7. The summed E-state index contributed by atoms with van der Waals surface area (Å²) in [6, 6.07) is 12.6. The Hall–Kier alpha value is -3.08. The molecule has 0 unspecified atom stereocenters. The van der Waals surface area contributed by atoms with Crippen LogP contribution < -0.4 is 15.6 Å². The molecule has 0 atom stereocenters. The maximum Gasteiger partial charge on any atom is 0.253 e. The monoisotopic (exact) mass is 336 g/mol. The van der Waals surface area contributed by atoms with E-state index in [9.17, 15) is 9.59 Å². The lowest BCUT2D eigenvalue weighted by molar-refractivity contribution is 0.0951. The maximum absolute atomic E-state index is 12.3. The van der Waals surface area contributed by atoms with Crippen molar-refractivity contribution < 1.29 is 9.53 Å². The average Bonchev–Trinajstić information content (AvgIpc) is 2.63. The van der Waals surface area contributed by atoms with E-state index in [0.717, 1.165) is 22.0 Å². The van der Waals surface area contributed by atoms with Gasteiger partial charge in [-0.15, -0.1) is 0 Å². The number of aryl methyl sites for hydroxylation is 2. The number of methoxy groups -OCH3 is 1. The van der Waals surface area contributed by atoms with Gasteiger partial charge in [-0.1, -0.05) is 12.1 Å². The van der Waals surface area contributed by atoms with Gasteiger partial charge in [0.2, 0.25) is 0 Å². The minimum atomic E-state index is -0.234. The highest BCUT2D eigenvalue weighted by Crippen LogP contribution is 2.19. The average molecular weight is 336 g/mol. The summed E-state index contributed by atoms with van der Waals surface area (Å²) < 4.78 is 5.08. The Morgan fingerprint density at radius 1 is 1.12 bits per heavy atom. The summed E-state index contributed by atoms with van der Waals surface area (Å²) in [5, 5.41) is 3.74. The third kappa shape index (κ3) is 3.40. The van der Waals surface area contributed by atoms with Gasteiger partial charge in [0.15, 0.2) is 0 Å². The topological polar surface area (TPSA) is 71.2 Å². The SMILES string of the molecule is COc1ccc(C(=O)NCc2cc3ccc(C)c(C)c3[nH]c2=O)cc1. The van der Waals surface area contributed by atoms with Gasteiger partial charge >= 0.3 is 0 Å². The molecule has 1 heterocycles. The molecule has 3 rings (SSSR count). The van der Waals surface area contributed by atoms with Crippen LogP contribution in [-0.2, 0) is 6.54 Å². The molecule has 0 fully saturated rings. The minimum absolute atomic E-state index is 0.170. The second-order valence-electron chi connectivity index (χ2n) is 6.01. The predicted molar refractivity (Wildman–Crippen MR) is 98.2 cm³/mol. The number of carbonyl (C=O) groups excluding carboxylic acids is 1. The van der Waals surface area contributed by atoms with Crippen LogP contribution in [0.5, 0.6) is 5.75 Å². The zero-order valence-electron chi connectivity index (χ0n) is 14.5. The lowest BCUT2D eigenvalue weighted by Gasteiger charge is -2.09. The standard InChI is InChI=1S/C20H20N2O3/c1-12-4-5-15-10-16(20(24)22-18(15)13(12)2)11-21-19(23)14-6-8-17(25-3)9-7-14/h4-10H,11H2,1-3H3,(H,21,23)(H,22,24). The Kier molecular flexibility index (Phi) is 4.57. The van der Waals surface area contributed by atoms with Crippen LogP contribution in [0.15, 0.2) is 47.3 Å². The summed E-state index contributed by atoms with van der Waals surface area (Å²) in [4.78, 5) is 27.5. The number of hydrogen-bond acceptors (Lipinski definition) is 3. The first-order valence-corrected chi connectivity index (χ1v) is 8.04. The molecular weight excluding hydrogens is 316 g/mol. The number of nitrogens with one attached hydrogen (secondary N) is 2. The van der Waals surface area contributed by atoms with E-state index in [1.165, 1.54) is 0 Å². The highest BCUT2D eigenvalue weighted by atomic mass is 16.5. The number of H-pyrrole nitrogens is 1. The predicted octanol–water partition coefficient (Wildman–Crippen LogP) is 3.08. The Bertz CT molecular complexity index is 988. The molecule has 0 aliphatic rings. The number of amides is 1. The molecule has 25 heavy (non-hydrogen) atoms. The smallest absolute Gasteiger partial charge is 0.253 e. The first kappa shape index (κ1) is 16.8. The third-order valence-electron chi connectivity index (χ3n) is 4.42. The molecule has 2 N–H and O–H groups in total. The minimum Gasteiger partial charge on any atom is -0.497 e. The molecule has 0 aliphatic carbocycles.